The maximum atomic E-state index is 13.2. The summed E-state index contributed by atoms with van der Waals surface area (Å²) in [4.78, 5) is 55.1. The zero-order valence-electron chi connectivity index (χ0n) is 18.7. The highest BCUT2D eigenvalue weighted by Crippen LogP contribution is 2.11. The summed E-state index contributed by atoms with van der Waals surface area (Å²) >= 11 is 0. The predicted octanol–water partition coefficient (Wildman–Crippen LogP) is 1.30. The predicted molar refractivity (Wildman–Crippen MR) is 120 cm³/mol. The molecule has 2 N–H and O–H groups in total. The molecule has 10 heteroatoms. The zero-order chi connectivity index (χ0) is 23.4. The fraction of sp³-hybridized carbons (Fsp3) is 0.409. The molecular formula is C22H28N6O4. The van der Waals surface area contributed by atoms with Gasteiger partial charge in [0, 0.05) is 12.6 Å². The number of rotatable bonds is 7. The molecule has 10 nitrogen and oxygen atoms in total. The molecule has 0 aliphatic heterocycles. The highest BCUT2D eigenvalue weighted by Gasteiger charge is 2.21. The molecule has 0 aliphatic rings. The van der Waals surface area contributed by atoms with E-state index in [4.69, 9.17) is 0 Å². The van der Waals surface area contributed by atoms with E-state index in [1.54, 1.807) is 18.4 Å². The van der Waals surface area contributed by atoms with E-state index in [0.29, 0.717) is 6.54 Å². The molecule has 0 bridgehead atoms. The smallest absolute Gasteiger partial charge is 0.333 e. The number of carbonyl (C=O) groups excluding carboxylic acids is 2. The number of nitrogens with one attached hydrogen (secondary N) is 2. The number of imide groups is 1. The van der Waals surface area contributed by atoms with Crippen LogP contribution < -0.4 is 21.9 Å². The lowest BCUT2D eigenvalue weighted by Crippen LogP contribution is -2.48. The van der Waals surface area contributed by atoms with Crippen LogP contribution in [-0.4, -0.2) is 36.7 Å². The highest BCUT2D eigenvalue weighted by atomic mass is 16.2. The van der Waals surface area contributed by atoms with E-state index in [1.807, 2.05) is 44.2 Å². The Kier molecular flexibility index (Phi) is 6.92. The largest absolute Gasteiger partial charge is 0.336 e. The minimum atomic E-state index is -0.761. The van der Waals surface area contributed by atoms with Crippen LogP contribution in [0.5, 0.6) is 0 Å². The second kappa shape index (κ2) is 9.63. The number of carbonyl (C=O) groups is 2. The lowest BCUT2D eigenvalue weighted by atomic mass is 10.2. The Morgan fingerprint density at radius 1 is 1.03 bits per heavy atom. The molecule has 0 spiro atoms. The van der Waals surface area contributed by atoms with E-state index in [-0.39, 0.29) is 29.7 Å². The highest BCUT2D eigenvalue weighted by molar-refractivity contribution is 5.94. The number of urea groups is 1. The van der Waals surface area contributed by atoms with Gasteiger partial charge in [0.25, 0.3) is 5.56 Å². The van der Waals surface area contributed by atoms with Gasteiger partial charge in [-0.25, -0.2) is 19.1 Å². The van der Waals surface area contributed by atoms with Crippen molar-refractivity contribution in [3.63, 3.8) is 0 Å². The van der Waals surface area contributed by atoms with Gasteiger partial charge in [-0.15, -0.1) is 0 Å². The fourth-order valence-corrected chi connectivity index (χ4v) is 3.43. The number of nitrogens with zero attached hydrogens (tertiary/aromatic N) is 4. The maximum absolute atomic E-state index is 13.2. The van der Waals surface area contributed by atoms with Gasteiger partial charge in [0.2, 0.25) is 5.91 Å². The van der Waals surface area contributed by atoms with Gasteiger partial charge >= 0.3 is 11.7 Å². The summed E-state index contributed by atoms with van der Waals surface area (Å²) in [5.74, 6) is -0.527. The summed E-state index contributed by atoms with van der Waals surface area (Å²) in [6.45, 7) is 7.64. The van der Waals surface area contributed by atoms with E-state index in [1.165, 1.54) is 10.9 Å². The van der Waals surface area contributed by atoms with Gasteiger partial charge in [-0.2, -0.15) is 0 Å². The molecule has 3 amide bonds. The summed E-state index contributed by atoms with van der Waals surface area (Å²) in [7, 11) is 0. The van der Waals surface area contributed by atoms with Gasteiger partial charge in [0.05, 0.1) is 12.9 Å². The molecule has 0 aliphatic carbocycles. The van der Waals surface area contributed by atoms with Crippen LogP contribution >= 0.6 is 0 Å². The first-order chi connectivity index (χ1) is 15.2. The van der Waals surface area contributed by atoms with Crippen LogP contribution in [0.25, 0.3) is 11.2 Å². The molecule has 2 aromatic heterocycles. The molecular weight excluding hydrogens is 412 g/mol. The molecule has 2 heterocycles. The number of amides is 3. The monoisotopic (exact) mass is 440 g/mol. The first kappa shape index (κ1) is 23.0. The third-order valence-corrected chi connectivity index (χ3v) is 4.70. The summed E-state index contributed by atoms with van der Waals surface area (Å²) in [5.41, 5.74) is 0.0695. The minimum Gasteiger partial charge on any atom is -0.336 e. The molecule has 0 unspecified atom stereocenters. The molecule has 0 radical (unpaired) electrons. The Hall–Kier alpha value is -3.69. The number of imidazole rings is 1. The third kappa shape index (κ3) is 5.13. The van der Waals surface area contributed by atoms with Crippen LogP contribution in [0.15, 0.2) is 46.2 Å². The first-order valence-electron chi connectivity index (χ1n) is 10.5. The second-order valence-electron chi connectivity index (χ2n) is 8.38. The van der Waals surface area contributed by atoms with Crippen LogP contribution in [-0.2, 0) is 24.4 Å². The van der Waals surface area contributed by atoms with E-state index >= 15 is 0 Å². The van der Waals surface area contributed by atoms with Crippen LogP contribution in [0.3, 0.4) is 0 Å². The van der Waals surface area contributed by atoms with Crippen molar-refractivity contribution in [3.8, 4) is 0 Å². The molecule has 170 valence electrons. The van der Waals surface area contributed by atoms with Gasteiger partial charge in [-0.05, 0) is 25.3 Å². The normalized spacial score (nSPS) is 11.3. The Balaban J connectivity index is 2.08. The van der Waals surface area contributed by atoms with E-state index in [0.717, 1.165) is 10.1 Å². The Morgan fingerprint density at radius 3 is 2.34 bits per heavy atom. The molecule has 32 heavy (non-hydrogen) atoms. The molecule has 3 aromatic rings. The summed E-state index contributed by atoms with van der Waals surface area (Å²) in [5, 5.41) is 4.69. The average molecular weight is 441 g/mol. The average Bonchev–Trinajstić information content (AvgIpc) is 3.11. The van der Waals surface area contributed by atoms with Crippen LogP contribution in [0.2, 0.25) is 0 Å². The molecule has 0 saturated heterocycles. The van der Waals surface area contributed by atoms with Crippen molar-refractivity contribution >= 4 is 23.1 Å². The summed E-state index contributed by atoms with van der Waals surface area (Å²) in [6, 6.07) is 8.44. The molecule has 1 aromatic carbocycles. The number of hydrogen-bond donors (Lipinski definition) is 2. The lowest BCUT2D eigenvalue weighted by molar-refractivity contribution is -0.120. The van der Waals surface area contributed by atoms with Crippen LogP contribution in [0.4, 0.5) is 4.79 Å². The second-order valence-corrected chi connectivity index (χ2v) is 8.38. The summed E-state index contributed by atoms with van der Waals surface area (Å²) in [6.07, 6.45) is 1.54. The zero-order valence-corrected chi connectivity index (χ0v) is 18.7. The van der Waals surface area contributed by atoms with Crippen LogP contribution in [0, 0.1) is 5.92 Å². The first-order valence-corrected chi connectivity index (χ1v) is 10.5. The molecule has 3 rings (SSSR count). The summed E-state index contributed by atoms with van der Waals surface area (Å²) < 4.78 is 3.93. The number of benzene rings is 1. The van der Waals surface area contributed by atoms with Gasteiger partial charge in [-0.3, -0.25) is 19.5 Å². The van der Waals surface area contributed by atoms with Gasteiger partial charge in [0.15, 0.2) is 11.2 Å². The number of aromatic nitrogens is 4. The minimum absolute atomic E-state index is 0.171. The van der Waals surface area contributed by atoms with Gasteiger partial charge in [0.1, 0.15) is 6.54 Å². The van der Waals surface area contributed by atoms with Crippen molar-refractivity contribution in [2.75, 3.05) is 0 Å². The van der Waals surface area contributed by atoms with Gasteiger partial charge < -0.3 is 9.88 Å². The van der Waals surface area contributed by atoms with E-state index in [2.05, 4.69) is 15.6 Å². The van der Waals surface area contributed by atoms with Crippen molar-refractivity contribution in [3.05, 3.63) is 63.1 Å². The Morgan fingerprint density at radius 2 is 1.72 bits per heavy atom. The van der Waals surface area contributed by atoms with Crippen molar-refractivity contribution in [2.24, 2.45) is 5.92 Å². The SMILES string of the molecule is CC(C)Cn1cnc2c1c(=O)n(CC(=O)NC(=O)NC(C)C)c(=O)n2Cc1ccccc1. The third-order valence-electron chi connectivity index (χ3n) is 4.70. The van der Waals surface area contributed by atoms with Crippen molar-refractivity contribution < 1.29 is 9.59 Å². The Bertz CT molecular complexity index is 1240. The topological polar surface area (TPSA) is 120 Å². The van der Waals surface area contributed by atoms with Crippen molar-refractivity contribution in [1.82, 2.24) is 29.3 Å². The van der Waals surface area contributed by atoms with Crippen molar-refractivity contribution in [2.45, 2.75) is 53.4 Å². The molecule has 0 saturated carbocycles. The maximum Gasteiger partial charge on any atom is 0.333 e. The van der Waals surface area contributed by atoms with E-state index < -0.39 is 29.7 Å². The van der Waals surface area contributed by atoms with Crippen molar-refractivity contribution in [1.29, 1.82) is 0 Å². The quantitative estimate of drug-likeness (QED) is 0.574. The lowest BCUT2D eigenvalue weighted by Gasteiger charge is -2.14. The van der Waals surface area contributed by atoms with Crippen LogP contribution in [0.1, 0.15) is 33.3 Å². The van der Waals surface area contributed by atoms with E-state index in [9.17, 15) is 19.2 Å². The standard InChI is InChI=1S/C22H28N6O4/c1-14(2)10-26-13-23-19-18(26)20(30)28(12-17(29)25-21(31)24-15(3)4)22(32)27(19)11-16-8-6-5-7-9-16/h5-9,13-15H,10-12H2,1-4H3,(H2,24,25,29,31). The molecule has 0 atom stereocenters. The number of hydrogen-bond acceptors (Lipinski definition) is 5. The van der Waals surface area contributed by atoms with Gasteiger partial charge in [-0.1, -0.05) is 44.2 Å². The molecule has 0 fully saturated rings. The fourth-order valence-electron chi connectivity index (χ4n) is 3.43. The Labute approximate surface area is 184 Å². The number of fused-ring (bicyclic) bond motifs is 1.